The molecule has 0 aliphatic rings. The second-order valence-electron chi connectivity index (χ2n) is 6.60. The van der Waals surface area contributed by atoms with Crippen LogP contribution in [0.3, 0.4) is 0 Å². The number of aryl methyl sites for hydroxylation is 1. The van der Waals surface area contributed by atoms with Gasteiger partial charge in [-0.25, -0.2) is 0 Å². The van der Waals surface area contributed by atoms with E-state index in [9.17, 15) is 15.3 Å². The second kappa shape index (κ2) is 9.55. The zero-order chi connectivity index (χ0) is 19.7. The number of esters is 1. The Morgan fingerprint density at radius 3 is 2.19 bits per heavy atom. The molecule has 2 aromatic rings. The van der Waals surface area contributed by atoms with Crippen LogP contribution in [0.4, 0.5) is 0 Å². The predicted molar refractivity (Wildman–Crippen MR) is 103 cm³/mol. The average Bonchev–Trinajstić information content (AvgIpc) is 2.72. The van der Waals surface area contributed by atoms with Crippen molar-refractivity contribution in [2.24, 2.45) is 11.3 Å². The van der Waals surface area contributed by atoms with Crippen LogP contribution in [-0.4, -0.2) is 12.6 Å². The van der Waals surface area contributed by atoms with Crippen molar-refractivity contribution in [3.05, 3.63) is 71.8 Å². The molecular formula is C23H24N2O2. The Hall–Kier alpha value is -3.11. The summed E-state index contributed by atoms with van der Waals surface area (Å²) in [5, 5.41) is 20.0. The zero-order valence-electron chi connectivity index (χ0n) is 15.8. The lowest BCUT2D eigenvalue weighted by atomic mass is 9.66. The largest absolute Gasteiger partial charge is 0.465 e. The summed E-state index contributed by atoms with van der Waals surface area (Å²) < 4.78 is 5.24. The maximum atomic E-state index is 12.9. The summed E-state index contributed by atoms with van der Waals surface area (Å²) in [5.74, 6) is -1.71. The highest BCUT2D eigenvalue weighted by atomic mass is 16.5. The third-order valence-electron chi connectivity index (χ3n) is 4.99. The third-order valence-corrected chi connectivity index (χ3v) is 4.99. The molecular weight excluding hydrogens is 336 g/mol. The summed E-state index contributed by atoms with van der Waals surface area (Å²) in [6, 6.07) is 23.6. The molecule has 0 heterocycles. The standard InChI is InChI=1S/C23H24N2O2/c1-3-27-22(26)23(17-25,15-14-19-10-6-4-7-11-19)21(16-24)18(2)20-12-8-5-9-13-20/h4-13,18,21H,3,14-15H2,1-2H3. The first-order valence-electron chi connectivity index (χ1n) is 9.16. The number of benzene rings is 2. The van der Waals surface area contributed by atoms with Crippen LogP contribution in [0.5, 0.6) is 0 Å². The smallest absolute Gasteiger partial charge is 0.327 e. The van der Waals surface area contributed by atoms with E-state index in [0.29, 0.717) is 6.42 Å². The van der Waals surface area contributed by atoms with Crippen LogP contribution in [0.25, 0.3) is 0 Å². The first-order chi connectivity index (χ1) is 13.1. The molecule has 27 heavy (non-hydrogen) atoms. The molecule has 0 aliphatic heterocycles. The Morgan fingerprint density at radius 1 is 1.07 bits per heavy atom. The lowest BCUT2D eigenvalue weighted by molar-refractivity contribution is -0.154. The molecule has 0 saturated heterocycles. The SMILES string of the molecule is CCOC(=O)C(C#N)(CCc1ccccc1)C(C#N)C(C)c1ccccc1. The fourth-order valence-corrected chi connectivity index (χ4v) is 3.40. The molecule has 3 unspecified atom stereocenters. The van der Waals surface area contributed by atoms with Gasteiger partial charge >= 0.3 is 5.97 Å². The number of nitriles is 2. The molecule has 4 nitrogen and oxygen atoms in total. The van der Waals surface area contributed by atoms with E-state index in [1.807, 2.05) is 67.6 Å². The van der Waals surface area contributed by atoms with Crippen molar-refractivity contribution in [1.29, 1.82) is 10.5 Å². The Morgan fingerprint density at radius 2 is 1.67 bits per heavy atom. The van der Waals surface area contributed by atoms with Gasteiger partial charge in [-0.05, 0) is 36.8 Å². The third kappa shape index (κ3) is 4.54. The highest BCUT2D eigenvalue weighted by Gasteiger charge is 2.50. The summed E-state index contributed by atoms with van der Waals surface area (Å²) >= 11 is 0. The summed E-state index contributed by atoms with van der Waals surface area (Å²) in [4.78, 5) is 12.9. The number of nitrogens with zero attached hydrogens (tertiary/aromatic N) is 2. The van der Waals surface area contributed by atoms with Gasteiger partial charge in [0.2, 0.25) is 0 Å². The summed E-state index contributed by atoms with van der Waals surface area (Å²) in [6.45, 7) is 3.77. The minimum atomic E-state index is -1.52. The van der Waals surface area contributed by atoms with Gasteiger partial charge < -0.3 is 4.74 Å². The molecule has 0 N–H and O–H groups in total. The molecule has 0 bridgehead atoms. The molecule has 3 atom stereocenters. The monoisotopic (exact) mass is 360 g/mol. The van der Waals surface area contributed by atoms with Gasteiger partial charge in [0, 0.05) is 0 Å². The number of ether oxygens (including phenoxy) is 1. The Kier molecular flexibility index (Phi) is 7.15. The molecule has 2 aromatic carbocycles. The van der Waals surface area contributed by atoms with Crippen molar-refractivity contribution in [2.45, 2.75) is 32.6 Å². The van der Waals surface area contributed by atoms with Gasteiger partial charge in [-0.15, -0.1) is 0 Å². The maximum absolute atomic E-state index is 12.9. The Labute approximate surface area is 161 Å². The van der Waals surface area contributed by atoms with Crippen LogP contribution < -0.4 is 0 Å². The van der Waals surface area contributed by atoms with Gasteiger partial charge in [0.1, 0.15) is 0 Å². The number of carbonyl (C=O) groups excluding carboxylic acids is 1. The van der Waals surface area contributed by atoms with Crippen LogP contribution in [0, 0.1) is 34.0 Å². The van der Waals surface area contributed by atoms with E-state index in [2.05, 4.69) is 12.1 Å². The Balaban J connectivity index is 2.41. The van der Waals surface area contributed by atoms with Crippen LogP contribution in [0.2, 0.25) is 0 Å². The molecule has 0 radical (unpaired) electrons. The molecule has 0 aliphatic carbocycles. The average molecular weight is 360 g/mol. The van der Waals surface area contributed by atoms with Crippen LogP contribution in [0.15, 0.2) is 60.7 Å². The van der Waals surface area contributed by atoms with E-state index in [4.69, 9.17) is 4.74 Å². The highest BCUT2D eigenvalue weighted by Crippen LogP contribution is 2.42. The molecule has 4 heteroatoms. The molecule has 0 aromatic heterocycles. The quantitative estimate of drug-likeness (QED) is 0.643. The first kappa shape index (κ1) is 20.2. The molecule has 2 rings (SSSR count). The maximum Gasteiger partial charge on any atom is 0.327 e. The van der Waals surface area contributed by atoms with Crippen LogP contribution in [0.1, 0.15) is 37.3 Å². The van der Waals surface area contributed by atoms with Crippen molar-refractivity contribution in [2.75, 3.05) is 6.61 Å². The van der Waals surface area contributed by atoms with E-state index >= 15 is 0 Å². The van der Waals surface area contributed by atoms with E-state index in [0.717, 1.165) is 11.1 Å². The van der Waals surface area contributed by atoms with Crippen molar-refractivity contribution in [3.8, 4) is 12.1 Å². The fourth-order valence-electron chi connectivity index (χ4n) is 3.40. The molecule has 0 spiro atoms. The normalized spacial score (nSPS) is 14.8. The van der Waals surface area contributed by atoms with E-state index in [-0.39, 0.29) is 18.9 Å². The number of hydrogen-bond acceptors (Lipinski definition) is 4. The van der Waals surface area contributed by atoms with Gasteiger partial charge in [0.05, 0.1) is 24.7 Å². The fraction of sp³-hybridized carbons (Fsp3) is 0.348. The number of hydrogen-bond donors (Lipinski definition) is 0. The minimum Gasteiger partial charge on any atom is -0.465 e. The summed E-state index contributed by atoms with van der Waals surface area (Å²) in [6.07, 6.45) is 0.759. The molecule has 0 saturated carbocycles. The van der Waals surface area contributed by atoms with Crippen molar-refractivity contribution >= 4 is 5.97 Å². The zero-order valence-corrected chi connectivity index (χ0v) is 15.8. The summed E-state index contributed by atoms with van der Waals surface area (Å²) in [5.41, 5.74) is 0.425. The lowest BCUT2D eigenvalue weighted by Crippen LogP contribution is -2.41. The molecule has 0 fully saturated rings. The lowest BCUT2D eigenvalue weighted by Gasteiger charge is -2.32. The van der Waals surface area contributed by atoms with Gasteiger partial charge in [0.15, 0.2) is 5.41 Å². The van der Waals surface area contributed by atoms with Gasteiger partial charge in [-0.3, -0.25) is 4.79 Å². The minimum absolute atomic E-state index is 0.172. The van der Waals surface area contributed by atoms with E-state index in [1.165, 1.54) is 0 Å². The van der Waals surface area contributed by atoms with Gasteiger partial charge in [-0.1, -0.05) is 67.6 Å². The van der Waals surface area contributed by atoms with Crippen molar-refractivity contribution < 1.29 is 9.53 Å². The van der Waals surface area contributed by atoms with E-state index < -0.39 is 17.3 Å². The van der Waals surface area contributed by atoms with E-state index in [1.54, 1.807) is 6.92 Å². The van der Waals surface area contributed by atoms with Gasteiger partial charge in [0.25, 0.3) is 0 Å². The van der Waals surface area contributed by atoms with Crippen molar-refractivity contribution in [1.82, 2.24) is 0 Å². The predicted octanol–water partition coefficient (Wildman–Crippen LogP) is 4.64. The summed E-state index contributed by atoms with van der Waals surface area (Å²) in [7, 11) is 0. The number of carbonyl (C=O) groups is 1. The first-order valence-corrected chi connectivity index (χ1v) is 9.16. The second-order valence-corrected chi connectivity index (χ2v) is 6.60. The highest BCUT2D eigenvalue weighted by molar-refractivity contribution is 5.81. The van der Waals surface area contributed by atoms with Crippen LogP contribution >= 0.6 is 0 Å². The molecule has 138 valence electrons. The van der Waals surface area contributed by atoms with Gasteiger partial charge in [-0.2, -0.15) is 10.5 Å². The van der Waals surface area contributed by atoms with Crippen molar-refractivity contribution in [3.63, 3.8) is 0 Å². The molecule has 0 amide bonds. The van der Waals surface area contributed by atoms with Crippen LogP contribution in [-0.2, 0) is 16.0 Å². The topological polar surface area (TPSA) is 73.9 Å². The Bertz CT molecular complexity index is 821. The number of rotatable bonds is 8.